The molecule has 1 aromatic rings. The number of halogens is 1. The molecule has 0 aliphatic heterocycles. The van der Waals surface area contributed by atoms with E-state index < -0.39 is 0 Å². The standard InChI is InChI=1S/C9H13ClN2/c1-7-3-4-8(10)5-9(7)12-6-11-2/h3-5,11-12H,6H2,1-2H3. The van der Waals surface area contributed by atoms with Gasteiger partial charge in [0.25, 0.3) is 0 Å². The Morgan fingerprint density at radius 1 is 1.42 bits per heavy atom. The summed E-state index contributed by atoms with van der Waals surface area (Å²) in [5, 5.41) is 6.98. The van der Waals surface area contributed by atoms with Crippen LogP contribution >= 0.6 is 11.6 Å². The van der Waals surface area contributed by atoms with Gasteiger partial charge < -0.3 is 10.6 Å². The van der Waals surface area contributed by atoms with Gasteiger partial charge in [-0.05, 0) is 31.7 Å². The van der Waals surface area contributed by atoms with Gasteiger partial charge in [-0.3, -0.25) is 0 Å². The van der Waals surface area contributed by atoms with E-state index in [-0.39, 0.29) is 0 Å². The van der Waals surface area contributed by atoms with Crippen molar-refractivity contribution in [1.29, 1.82) is 0 Å². The van der Waals surface area contributed by atoms with E-state index in [0.29, 0.717) is 0 Å². The van der Waals surface area contributed by atoms with Gasteiger partial charge in [0.1, 0.15) is 0 Å². The quantitative estimate of drug-likeness (QED) is 0.705. The van der Waals surface area contributed by atoms with E-state index in [1.807, 2.05) is 32.2 Å². The Hall–Kier alpha value is -0.730. The van der Waals surface area contributed by atoms with E-state index >= 15 is 0 Å². The average molecular weight is 185 g/mol. The molecule has 0 amide bonds. The van der Waals surface area contributed by atoms with Crippen LogP contribution in [0.15, 0.2) is 18.2 Å². The first-order valence-corrected chi connectivity index (χ1v) is 4.26. The van der Waals surface area contributed by atoms with Gasteiger partial charge in [-0.15, -0.1) is 0 Å². The van der Waals surface area contributed by atoms with Crippen LogP contribution in [0.3, 0.4) is 0 Å². The number of anilines is 1. The number of rotatable bonds is 3. The van der Waals surface area contributed by atoms with Crippen LogP contribution in [-0.4, -0.2) is 13.7 Å². The zero-order chi connectivity index (χ0) is 8.97. The minimum Gasteiger partial charge on any atom is -0.372 e. The molecular weight excluding hydrogens is 172 g/mol. The normalized spacial score (nSPS) is 9.92. The van der Waals surface area contributed by atoms with E-state index in [9.17, 15) is 0 Å². The van der Waals surface area contributed by atoms with Crippen LogP contribution in [-0.2, 0) is 0 Å². The molecule has 0 fully saturated rings. The fourth-order valence-corrected chi connectivity index (χ4v) is 1.14. The summed E-state index contributed by atoms with van der Waals surface area (Å²) in [5.74, 6) is 0. The molecule has 0 aliphatic rings. The second-order valence-electron chi connectivity index (χ2n) is 2.67. The molecule has 0 spiro atoms. The van der Waals surface area contributed by atoms with Crippen molar-refractivity contribution >= 4 is 17.3 Å². The molecule has 0 bridgehead atoms. The predicted octanol–water partition coefficient (Wildman–Crippen LogP) is 2.24. The molecule has 2 nitrogen and oxygen atoms in total. The lowest BCUT2D eigenvalue weighted by atomic mass is 10.2. The molecule has 0 saturated carbocycles. The van der Waals surface area contributed by atoms with Crippen molar-refractivity contribution in [3.8, 4) is 0 Å². The van der Waals surface area contributed by atoms with Gasteiger partial charge >= 0.3 is 0 Å². The van der Waals surface area contributed by atoms with E-state index in [2.05, 4.69) is 10.6 Å². The molecule has 0 atom stereocenters. The smallest absolute Gasteiger partial charge is 0.0650 e. The fourth-order valence-electron chi connectivity index (χ4n) is 0.968. The Morgan fingerprint density at radius 2 is 2.17 bits per heavy atom. The molecule has 1 aromatic carbocycles. The minimum absolute atomic E-state index is 0.751. The Labute approximate surface area is 77.9 Å². The summed E-state index contributed by atoms with van der Waals surface area (Å²) in [6.07, 6.45) is 0. The van der Waals surface area contributed by atoms with Crippen LogP contribution in [0.1, 0.15) is 5.56 Å². The molecule has 0 heterocycles. The summed E-state index contributed by atoms with van der Waals surface area (Å²) in [4.78, 5) is 0. The van der Waals surface area contributed by atoms with Crippen molar-refractivity contribution in [3.63, 3.8) is 0 Å². The summed E-state index contributed by atoms with van der Waals surface area (Å²) in [5.41, 5.74) is 2.28. The Kier molecular flexibility index (Phi) is 3.38. The second kappa shape index (κ2) is 4.33. The van der Waals surface area contributed by atoms with Crippen LogP contribution in [0.2, 0.25) is 5.02 Å². The first-order chi connectivity index (χ1) is 5.74. The van der Waals surface area contributed by atoms with Crippen LogP contribution in [0, 0.1) is 6.92 Å². The zero-order valence-corrected chi connectivity index (χ0v) is 8.07. The van der Waals surface area contributed by atoms with E-state index in [1.165, 1.54) is 5.56 Å². The summed E-state index contributed by atoms with van der Waals surface area (Å²) in [7, 11) is 1.90. The topological polar surface area (TPSA) is 24.1 Å². The van der Waals surface area contributed by atoms with Gasteiger partial charge in [-0.2, -0.15) is 0 Å². The number of benzene rings is 1. The highest BCUT2D eigenvalue weighted by Crippen LogP contribution is 2.19. The van der Waals surface area contributed by atoms with Crippen LogP contribution < -0.4 is 10.6 Å². The maximum Gasteiger partial charge on any atom is 0.0650 e. The Morgan fingerprint density at radius 3 is 2.83 bits per heavy atom. The van der Waals surface area contributed by atoms with Gasteiger partial charge in [-0.25, -0.2) is 0 Å². The summed E-state index contributed by atoms with van der Waals surface area (Å²) >= 11 is 5.84. The third-order valence-corrected chi connectivity index (χ3v) is 1.89. The predicted molar refractivity (Wildman–Crippen MR) is 53.7 cm³/mol. The SMILES string of the molecule is CNCNc1cc(Cl)ccc1C. The number of aryl methyl sites for hydroxylation is 1. The lowest BCUT2D eigenvalue weighted by molar-refractivity contribution is 0.873. The summed E-state index contributed by atoms with van der Waals surface area (Å²) in [6, 6.07) is 5.82. The summed E-state index contributed by atoms with van der Waals surface area (Å²) < 4.78 is 0. The first kappa shape index (κ1) is 9.36. The molecule has 0 radical (unpaired) electrons. The van der Waals surface area contributed by atoms with Crippen LogP contribution in [0.4, 0.5) is 5.69 Å². The molecule has 0 aliphatic carbocycles. The second-order valence-corrected chi connectivity index (χ2v) is 3.10. The van der Waals surface area contributed by atoms with Crippen molar-refractivity contribution < 1.29 is 0 Å². The van der Waals surface area contributed by atoms with Crippen molar-refractivity contribution in [2.24, 2.45) is 0 Å². The molecular formula is C9H13ClN2. The lowest BCUT2D eigenvalue weighted by Gasteiger charge is -2.08. The van der Waals surface area contributed by atoms with Gasteiger partial charge in [0.05, 0.1) is 6.67 Å². The first-order valence-electron chi connectivity index (χ1n) is 3.88. The maximum absolute atomic E-state index is 5.84. The molecule has 1 rings (SSSR count). The molecule has 2 N–H and O–H groups in total. The lowest BCUT2D eigenvalue weighted by Crippen LogP contribution is -2.17. The Bertz CT molecular complexity index is 261. The van der Waals surface area contributed by atoms with Crippen molar-refractivity contribution in [3.05, 3.63) is 28.8 Å². The molecule has 0 saturated heterocycles. The Balaban J connectivity index is 2.75. The highest BCUT2D eigenvalue weighted by molar-refractivity contribution is 6.30. The number of nitrogens with one attached hydrogen (secondary N) is 2. The average Bonchev–Trinajstić information content (AvgIpc) is 2.07. The van der Waals surface area contributed by atoms with Gasteiger partial charge in [0, 0.05) is 10.7 Å². The maximum atomic E-state index is 5.84. The van der Waals surface area contributed by atoms with Crippen LogP contribution in [0.5, 0.6) is 0 Å². The van der Waals surface area contributed by atoms with E-state index in [4.69, 9.17) is 11.6 Å². The third kappa shape index (κ3) is 2.40. The van der Waals surface area contributed by atoms with Gasteiger partial charge in [0.2, 0.25) is 0 Å². The molecule has 66 valence electrons. The van der Waals surface area contributed by atoms with Crippen molar-refractivity contribution in [1.82, 2.24) is 5.32 Å². The fraction of sp³-hybridized carbons (Fsp3) is 0.333. The minimum atomic E-state index is 0.751. The third-order valence-electron chi connectivity index (χ3n) is 1.66. The van der Waals surface area contributed by atoms with Gasteiger partial charge in [-0.1, -0.05) is 17.7 Å². The van der Waals surface area contributed by atoms with Crippen LogP contribution in [0.25, 0.3) is 0 Å². The van der Waals surface area contributed by atoms with E-state index in [1.54, 1.807) is 0 Å². The van der Waals surface area contributed by atoms with Crippen molar-refractivity contribution in [2.45, 2.75) is 6.92 Å². The highest BCUT2D eigenvalue weighted by Gasteiger charge is 1.96. The molecule has 0 aromatic heterocycles. The monoisotopic (exact) mass is 184 g/mol. The largest absolute Gasteiger partial charge is 0.372 e. The number of hydrogen-bond donors (Lipinski definition) is 2. The number of hydrogen-bond acceptors (Lipinski definition) is 2. The highest BCUT2D eigenvalue weighted by atomic mass is 35.5. The van der Waals surface area contributed by atoms with Gasteiger partial charge in [0.15, 0.2) is 0 Å². The molecule has 3 heteroatoms. The van der Waals surface area contributed by atoms with E-state index in [0.717, 1.165) is 17.4 Å². The molecule has 0 unspecified atom stereocenters. The molecule has 12 heavy (non-hydrogen) atoms. The zero-order valence-electron chi connectivity index (χ0n) is 7.32. The van der Waals surface area contributed by atoms with Crippen molar-refractivity contribution in [2.75, 3.05) is 19.0 Å². The summed E-state index contributed by atoms with van der Waals surface area (Å²) in [6.45, 7) is 2.80.